The van der Waals surface area contributed by atoms with E-state index in [-0.39, 0.29) is 5.91 Å². The van der Waals surface area contributed by atoms with Gasteiger partial charge >= 0.3 is 0 Å². The number of amides is 1. The van der Waals surface area contributed by atoms with E-state index in [4.69, 9.17) is 9.47 Å². The topological polar surface area (TPSA) is 73.3 Å². The maximum atomic E-state index is 11.8. The normalized spacial score (nSPS) is 11.3. The van der Waals surface area contributed by atoms with Gasteiger partial charge in [-0.2, -0.15) is 0 Å². The Kier molecular flexibility index (Phi) is 6.76. The number of aryl methyl sites for hydroxylation is 2. The molecule has 0 aliphatic heterocycles. The van der Waals surface area contributed by atoms with Crippen molar-refractivity contribution < 1.29 is 14.3 Å². The molecule has 0 aliphatic carbocycles. The summed E-state index contributed by atoms with van der Waals surface area (Å²) in [5.74, 6) is 0.636. The van der Waals surface area contributed by atoms with Crippen LogP contribution in [-0.4, -0.2) is 48.7 Å². The fourth-order valence-corrected chi connectivity index (χ4v) is 4.11. The molecule has 1 amide bonds. The van der Waals surface area contributed by atoms with E-state index in [9.17, 15) is 4.79 Å². The molecule has 1 N–H and O–H groups in total. The summed E-state index contributed by atoms with van der Waals surface area (Å²) >= 11 is 3.26. The van der Waals surface area contributed by atoms with Gasteiger partial charge in [0.1, 0.15) is 16.2 Å². The van der Waals surface area contributed by atoms with Gasteiger partial charge in [0.05, 0.1) is 6.54 Å². The lowest BCUT2D eigenvalue weighted by Gasteiger charge is -2.13. The first-order valence-corrected chi connectivity index (χ1v) is 9.02. The number of thiophene rings is 1. The predicted octanol–water partition coefficient (Wildman–Crippen LogP) is 2.53. The Morgan fingerprint density at radius 3 is 2.78 bits per heavy atom. The van der Waals surface area contributed by atoms with Crippen LogP contribution in [0.5, 0.6) is 0 Å². The van der Waals surface area contributed by atoms with Crippen molar-refractivity contribution in [2.24, 2.45) is 0 Å². The summed E-state index contributed by atoms with van der Waals surface area (Å²) in [4.78, 5) is 22.8. The quantitative estimate of drug-likeness (QED) is 0.446. The van der Waals surface area contributed by atoms with Gasteiger partial charge in [0, 0.05) is 36.7 Å². The molecule has 0 radical (unpaired) electrons. The van der Waals surface area contributed by atoms with Crippen LogP contribution in [0.1, 0.15) is 16.9 Å². The van der Waals surface area contributed by atoms with Gasteiger partial charge in [-0.3, -0.25) is 4.79 Å². The van der Waals surface area contributed by atoms with Crippen molar-refractivity contribution in [1.82, 2.24) is 15.3 Å². The Hall–Kier alpha value is -1.22. The van der Waals surface area contributed by atoms with Crippen LogP contribution in [0, 0.1) is 13.8 Å². The van der Waals surface area contributed by atoms with Crippen molar-refractivity contribution in [2.75, 3.05) is 26.5 Å². The van der Waals surface area contributed by atoms with Gasteiger partial charge in [0.25, 0.3) is 0 Å². The number of hydrogen-bond donors (Lipinski definition) is 1. The second kappa shape index (κ2) is 8.58. The summed E-state index contributed by atoms with van der Waals surface area (Å²) < 4.78 is 10.1. The molecule has 23 heavy (non-hydrogen) atoms. The number of fused-ring (bicyclic) bond motifs is 1. The van der Waals surface area contributed by atoms with Crippen molar-refractivity contribution in [2.45, 2.75) is 31.6 Å². The van der Waals surface area contributed by atoms with Gasteiger partial charge in [-0.1, -0.05) is 0 Å². The number of carbonyl (C=O) groups is 1. The number of rotatable bonds is 8. The van der Waals surface area contributed by atoms with Crippen molar-refractivity contribution in [3.63, 3.8) is 0 Å². The minimum absolute atomic E-state index is 0.0277. The molecular formula is C15H21N3O3S2. The van der Waals surface area contributed by atoms with Gasteiger partial charge < -0.3 is 14.8 Å². The molecule has 6 nitrogen and oxygen atoms in total. The first kappa shape index (κ1) is 18.1. The predicted molar refractivity (Wildman–Crippen MR) is 93.0 cm³/mol. The van der Waals surface area contributed by atoms with E-state index in [1.807, 2.05) is 0 Å². The van der Waals surface area contributed by atoms with E-state index in [0.29, 0.717) is 18.7 Å². The highest BCUT2D eigenvalue weighted by atomic mass is 32.2. The van der Waals surface area contributed by atoms with Crippen LogP contribution in [0.25, 0.3) is 10.2 Å². The summed E-state index contributed by atoms with van der Waals surface area (Å²) in [5, 5.41) is 4.84. The summed E-state index contributed by atoms with van der Waals surface area (Å²) in [5.41, 5.74) is 1.22. The number of aromatic nitrogens is 2. The molecular weight excluding hydrogens is 334 g/mol. The number of nitrogens with one attached hydrogen (secondary N) is 1. The van der Waals surface area contributed by atoms with Crippen LogP contribution >= 0.6 is 23.1 Å². The molecule has 2 aromatic rings. The molecule has 0 unspecified atom stereocenters. The molecule has 2 aromatic heterocycles. The van der Waals surface area contributed by atoms with E-state index in [0.717, 1.165) is 15.2 Å². The maximum absolute atomic E-state index is 11.8. The molecule has 0 bridgehead atoms. The number of hydrogen-bond acceptors (Lipinski definition) is 7. The standard InChI is InChI=1S/C15H21N3O3S2/c1-9-10(2)23-15-13(9)14(17-8-18-15)22-6-5-11(19)16-7-12(20-3)21-4/h8,12H,5-7H2,1-4H3,(H,16,19). The van der Waals surface area contributed by atoms with Crippen LogP contribution in [0.2, 0.25) is 0 Å². The van der Waals surface area contributed by atoms with Crippen LogP contribution in [0.4, 0.5) is 0 Å². The van der Waals surface area contributed by atoms with E-state index < -0.39 is 6.29 Å². The van der Waals surface area contributed by atoms with Crippen molar-refractivity contribution in [3.05, 3.63) is 16.8 Å². The fraction of sp³-hybridized carbons (Fsp3) is 0.533. The average molecular weight is 355 g/mol. The zero-order valence-electron chi connectivity index (χ0n) is 13.7. The van der Waals surface area contributed by atoms with Crippen LogP contribution in [0.15, 0.2) is 11.4 Å². The number of methoxy groups -OCH3 is 2. The third-order valence-electron chi connectivity index (χ3n) is 3.49. The van der Waals surface area contributed by atoms with E-state index in [1.165, 1.54) is 10.4 Å². The molecule has 0 aliphatic rings. The van der Waals surface area contributed by atoms with E-state index in [2.05, 4.69) is 29.1 Å². The first-order chi connectivity index (χ1) is 11.1. The molecule has 2 heterocycles. The molecule has 0 fully saturated rings. The Labute approximate surface area is 144 Å². The van der Waals surface area contributed by atoms with Crippen molar-refractivity contribution in [1.29, 1.82) is 0 Å². The highest BCUT2D eigenvalue weighted by molar-refractivity contribution is 7.99. The maximum Gasteiger partial charge on any atom is 0.221 e. The third kappa shape index (κ3) is 4.63. The zero-order valence-corrected chi connectivity index (χ0v) is 15.3. The zero-order chi connectivity index (χ0) is 16.8. The Balaban J connectivity index is 1.88. The molecule has 0 spiro atoms. The molecule has 0 atom stereocenters. The number of ether oxygens (including phenoxy) is 2. The second-order valence-electron chi connectivity index (χ2n) is 4.95. The Bertz CT molecular complexity index is 671. The SMILES string of the molecule is COC(CNC(=O)CCSc1ncnc2sc(C)c(C)c12)OC. The largest absolute Gasteiger partial charge is 0.354 e. The van der Waals surface area contributed by atoms with Crippen LogP contribution < -0.4 is 5.32 Å². The summed E-state index contributed by atoms with van der Waals surface area (Å²) in [6.45, 7) is 4.52. The van der Waals surface area contributed by atoms with Gasteiger partial charge in [-0.05, 0) is 19.4 Å². The minimum Gasteiger partial charge on any atom is -0.354 e. The summed E-state index contributed by atoms with van der Waals surface area (Å²) in [7, 11) is 3.09. The smallest absolute Gasteiger partial charge is 0.221 e. The third-order valence-corrected chi connectivity index (χ3v) is 5.60. The first-order valence-electron chi connectivity index (χ1n) is 7.22. The van der Waals surface area contributed by atoms with Crippen molar-refractivity contribution in [3.8, 4) is 0 Å². The molecule has 2 rings (SSSR count). The van der Waals surface area contributed by atoms with E-state index >= 15 is 0 Å². The molecule has 8 heteroatoms. The summed E-state index contributed by atoms with van der Waals surface area (Å²) in [6, 6.07) is 0. The molecule has 126 valence electrons. The Morgan fingerprint density at radius 2 is 2.09 bits per heavy atom. The van der Waals surface area contributed by atoms with Gasteiger partial charge in [-0.15, -0.1) is 23.1 Å². The van der Waals surface area contributed by atoms with Gasteiger partial charge in [0.2, 0.25) is 5.91 Å². The lowest BCUT2D eigenvalue weighted by Crippen LogP contribution is -2.34. The molecule has 0 aromatic carbocycles. The highest BCUT2D eigenvalue weighted by Crippen LogP contribution is 2.34. The molecule has 0 saturated heterocycles. The van der Waals surface area contributed by atoms with Crippen LogP contribution in [-0.2, 0) is 14.3 Å². The van der Waals surface area contributed by atoms with Gasteiger partial charge in [0.15, 0.2) is 6.29 Å². The average Bonchev–Trinajstić information content (AvgIpc) is 2.84. The fourth-order valence-electron chi connectivity index (χ4n) is 2.05. The van der Waals surface area contributed by atoms with Gasteiger partial charge in [-0.25, -0.2) is 9.97 Å². The van der Waals surface area contributed by atoms with E-state index in [1.54, 1.807) is 43.6 Å². The second-order valence-corrected chi connectivity index (χ2v) is 7.23. The Morgan fingerprint density at radius 1 is 1.35 bits per heavy atom. The monoisotopic (exact) mass is 355 g/mol. The van der Waals surface area contributed by atoms with Crippen LogP contribution in [0.3, 0.4) is 0 Å². The number of thioether (sulfide) groups is 1. The molecule has 0 saturated carbocycles. The number of carbonyl (C=O) groups excluding carboxylic acids is 1. The lowest BCUT2D eigenvalue weighted by atomic mass is 10.2. The summed E-state index contributed by atoms with van der Waals surface area (Å²) in [6.07, 6.45) is 1.59. The lowest BCUT2D eigenvalue weighted by molar-refractivity contribution is -0.127. The van der Waals surface area contributed by atoms with Crippen molar-refractivity contribution >= 4 is 39.2 Å². The highest BCUT2D eigenvalue weighted by Gasteiger charge is 2.13. The number of nitrogens with zero attached hydrogens (tertiary/aromatic N) is 2. The minimum atomic E-state index is -0.412.